The molecule has 0 aliphatic heterocycles. The van der Waals surface area contributed by atoms with Crippen LogP contribution < -0.4 is 9.62 Å². The van der Waals surface area contributed by atoms with Crippen molar-refractivity contribution in [2.24, 2.45) is 0 Å². The van der Waals surface area contributed by atoms with Crippen molar-refractivity contribution in [1.82, 2.24) is 10.2 Å². The number of nitrogens with zero attached hydrogens (tertiary/aromatic N) is 2. The second kappa shape index (κ2) is 14.0. The molecule has 42 heavy (non-hydrogen) atoms. The SMILES string of the molecule is CCNC(=O)C(Cc1ccccc1)N(Cc1ccc(Cl)cc1Cl)C(=O)CN(c1ccc(Cl)c(C(F)(F)F)c1)S(C)(=O)=O. The van der Waals surface area contributed by atoms with Crippen LogP contribution in [-0.4, -0.2) is 50.5 Å². The second-order valence-electron chi connectivity index (χ2n) is 9.29. The fourth-order valence-corrected chi connectivity index (χ4v) is 5.71. The number of alkyl halides is 3. The van der Waals surface area contributed by atoms with Crippen LogP contribution in [0.5, 0.6) is 0 Å². The van der Waals surface area contributed by atoms with Crippen LogP contribution in [0.2, 0.25) is 15.1 Å². The molecule has 226 valence electrons. The molecule has 0 heterocycles. The molecule has 0 spiro atoms. The van der Waals surface area contributed by atoms with Gasteiger partial charge < -0.3 is 10.2 Å². The predicted octanol–water partition coefficient (Wildman–Crippen LogP) is 6.21. The van der Waals surface area contributed by atoms with E-state index in [1.165, 1.54) is 6.07 Å². The fourth-order valence-electron chi connectivity index (χ4n) is 4.18. The van der Waals surface area contributed by atoms with Crippen molar-refractivity contribution in [2.45, 2.75) is 32.1 Å². The number of likely N-dealkylation sites (N-methyl/N-ethyl adjacent to an activating group) is 1. The standard InChI is InChI=1S/C28H27Cl3F3N3O4S/c1-3-35-27(39)25(13-18-7-5-4-6-8-18)36(16-19-9-10-20(29)14-24(19)31)26(38)17-37(42(2,40)41)21-11-12-23(30)22(15-21)28(32,33)34/h4-12,14-15,25H,3,13,16-17H2,1-2H3,(H,35,39). The maximum absolute atomic E-state index is 14.0. The zero-order valence-electron chi connectivity index (χ0n) is 22.5. The number of halogens is 6. The van der Waals surface area contributed by atoms with Crippen molar-refractivity contribution in [1.29, 1.82) is 0 Å². The van der Waals surface area contributed by atoms with Gasteiger partial charge in [0.1, 0.15) is 12.6 Å². The maximum atomic E-state index is 14.0. The van der Waals surface area contributed by atoms with E-state index in [2.05, 4.69) is 5.32 Å². The smallest absolute Gasteiger partial charge is 0.355 e. The minimum atomic E-state index is -4.88. The number of rotatable bonds is 11. The van der Waals surface area contributed by atoms with E-state index in [9.17, 15) is 31.2 Å². The van der Waals surface area contributed by atoms with Crippen LogP contribution in [0.1, 0.15) is 23.6 Å². The summed E-state index contributed by atoms with van der Waals surface area (Å²) in [6.45, 7) is 0.807. The number of carbonyl (C=O) groups excluding carboxylic acids is 2. The number of anilines is 1. The summed E-state index contributed by atoms with van der Waals surface area (Å²) >= 11 is 18.1. The van der Waals surface area contributed by atoms with Gasteiger partial charge in [0.15, 0.2) is 0 Å². The lowest BCUT2D eigenvalue weighted by molar-refractivity contribution is -0.140. The van der Waals surface area contributed by atoms with E-state index in [0.717, 1.165) is 23.3 Å². The maximum Gasteiger partial charge on any atom is 0.417 e. The van der Waals surface area contributed by atoms with Gasteiger partial charge in [-0.05, 0) is 48.4 Å². The number of hydrogen-bond acceptors (Lipinski definition) is 4. The normalized spacial score (nSPS) is 12.5. The van der Waals surface area contributed by atoms with Gasteiger partial charge in [-0.15, -0.1) is 0 Å². The first-order valence-corrected chi connectivity index (χ1v) is 15.5. The molecule has 0 bridgehead atoms. The Kier molecular flexibility index (Phi) is 11.2. The molecule has 3 rings (SSSR count). The molecule has 0 saturated carbocycles. The predicted molar refractivity (Wildman–Crippen MR) is 158 cm³/mol. The van der Waals surface area contributed by atoms with E-state index in [1.807, 2.05) is 0 Å². The van der Waals surface area contributed by atoms with Crippen molar-refractivity contribution < 1.29 is 31.2 Å². The highest BCUT2D eigenvalue weighted by atomic mass is 35.5. The summed E-state index contributed by atoms with van der Waals surface area (Å²) in [5, 5.41) is 2.59. The molecule has 14 heteroatoms. The summed E-state index contributed by atoms with van der Waals surface area (Å²) in [4.78, 5) is 28.5. The van der Waals surface area contributed by atoms with Gasteiger partial charge in [-0.3, -0.25) is 13.9 Å². The summed E-state index contributed by atoms with van der Waals surface area (Å²) in [6, 6.07) is 14.8. The van der Waals surface area contributed by atoms with Crippen molar-refractivity contribution in [3.8, 4) is 0 Å². The summed E-state index contributed by atoms with van der Waals surface area (Å²) < 4.78 is 66.9. The minimum Gasteiger partial charge on any atom is -0.355 e. The highest BCUT2D eigenvalue weighted by Crippen LogP contribution is 2.37. The Morgan fingerprint density at radius 1 is 0.952 bits per heavy atom. The van der Waals surface area contributed by atoms with Gasteiger partial charge in [0.05, 0.1) is 22.5 Å². The first-order chi connectivity index (χ1) is 19.6. The van der Waals surface area contributed by atoms with E-state index in [4.69, 9.17) is 34.8 Å². The van der Waals surface area contributed by atoms with E-state index < -0.39 is 56.9 Å². The first kappa shape index (κ1) is 33.5. The fraction of sp³-hybridized carbons (Fsp3) is 0.286. The number of amides is 2. The molecule has 3 aromatic carbocycles. The third kappa shape index (κ3) is 8.76. The van der Waals surface area contributed by atoms with Gasteiger partial charge in [-0.2, -0.15) is 13.2 Å². The number of hydrogen-bond donors (Lipinski definition) is 1. The lowest BCUT2D eigenvalue weighted by Gasteiger charge is -2.33. The summed E-state index contributed by atoms with van der Waals surface area (Å²) in [6.07, 6.45) is -4.06. The Labute approximate surface area is 257 Å². The van der Waals surface area contributed by atoms with Crippen LogP contribution in [0.15, 0.2) is 66.7 Å². The van der Waals surface area contributed by atoms with Crippen LogP contribution >= 0.6 is 34.8 Å². The summed E-state index contributed by atoms with van der Waals surface area (Å²) in [5.41, 5.74) is -0.573. The summed E-state index contributed by atoms with van der Waals surface area (Å²) in [7, 11) is -4.29. The van der Waals surface area contributed by atoms with E-state index >= 15 is 0 Å². The van der Waals surface area contributed by atoms with Gasteiger partial charge in [0.25, 0.3) is 0 Å². The largest absolute Gasteiger partial charge is 0.417 e. The minimum absolute atomic E-state index is 0.0572. The molecule has 0 radical (unpaired) electrons. The molecule has 0 aromatic heterocycles. The third-order valence-electron chi connectivity index (χ3n) is 6.20. The Balaban J connectivity index is 2.11. The molecule has 1 N–H and O–H groups in total. The monoisotopic (exact) mass is 663 g/mol. The molecule has 0 aliphatic carbocycles. The van der Waals surface area contributed by atoms with E-state index in [0.29, 0.717) is 26.5 Å². The van der Waals surface area contributed by atoms with Gasteiger partial charge in [0, 0.05) is 29.6 Å². The molecule has 3 aromatic rings. The first-order valence-electron chi connectivity index (χ1n) is 12.5. The molecule has 7 nitrogen and oxygen atoms in total. The number of nitrogens with one attached hydrogen (secondary N) is 1. The molecule has 0 fully saturated rings. The highest BCUT2D eigenvalue weighted by Gasteiger charge is 2.36. The van der Waals surface area contributed by atoms with Crippen molar-refractivity contribution in [3.05, 3.63) is 98.5 Å². The van der Waals surface area contributed by atoms with Crippen molar-refractivity contribution in [2.75, 3.05) is 23.7 Å². The van der Waals surface area contributed by atoms with E-state index in [-0.39, 0.29) is 24.5 Å². The van der Waals surface area contributed by atoms with Crippen LogP contribution in [0, 0.1) is 0 Å². The Hall–Kier alpha value is -2.99. The van der Waals surface area contributed by atoms with Crippen molar-refractivity contribution in [3.63, 3.8) is 0 Å². The Morgan fingerprint density at radius 3 is 2.19 bits per heavy atom. The lowest BCUT2D eigenvalue weighted by atomic mass is 10.0. The number of sulfonamides is 1. The summed E-state index contributed by atoms with van der Waals surface area (Å²) in [5.74, 6) is -1.38. The van der Waals surface area contributed by atoms with Gasteiger partial charge in [-0.1, -0.05) is 71.2 Å². The molecular weight excluding hydrogens is 638 g/mol. The Bertz CT molecular complexity index is 1540. The lowest BCUT2D eigenvalue weighted by Crippen LogP contribution is -2.53. The number of carbonyl (C=O) groups is 2. The van der Waals surface area contributed by atoms with Crippen LogP contribution in [-0.2, 0) is 38.8 Å². The topological polar surface area (TPSA) is 86.8 Å². The Morgan fingerprint density at radius 2 is 1.62 bits per heavy atom. The van der Waals surface area contributed by atoms with Gasteiger partial charge in [-0.25, -0.2) is 8.42 Å². The average Bonchev–Trinajstić information content (AvgIpc) is 2.90. The quantitative estimate of drug-likeness (QED) is 0.264. The van der Waals surface area contributed by atoms with Crippen LogP contribution in [0.4, 0.5) is 18.9 Å². The van der Waals surface area contributed by atoms with Crippen LogP contribution in [0.3, 0.4) is 0 Å². The molecule has 1 unspecified atom stereocenters. The van der Waals surface area contributed by atoms with Crippen LogP contribution in [0.25, 0.3) is 0 Å². The molecule has 0 aliphatic rings. The molecule has 0 saturated heterocycles. The zero-order chi connectivity index (χ0) is 31.2. The van der Waals surface area contributed by atoms with Gasteiger partial charge in [0.2, 0.25) is 21.8 Å². The molecule has 1 atom stereocenters. The molecular formula is C28H27Cl3F3N3O4S. The van der Waals surface area contributed by atoms with Gasteiger partial charge >= 0.3 is 6.18 Å². The second-order valence-corrected chi connectivity index (χ2v) is 12.4. The highest BCUT2D eigenvalue weighted by molar-refractivity contribution is 7.92. The van der Waals surface area contributed by atoms with E-state index in [1.54, 1.807) is 49.4 Å². The zero-order valence-corrected chi connectivity index (χ0v) is 25.5. The van der Waals surface area contributed by atoms with Crippen molar-refractivity contribution >= 4 is 62.3 Å². The third-order valence-corrected chi connectivity index (χ3v) is 8.26. The molecule has 2 amide bonds. The average molecular weight is 665 g/mol. The number of benzene rings is 3.